The topological polar surface area (TPSA) is 22.0 Å². The van der Waals surface area contributed by atoms with Crippen LogP contribution >= 0.6 is 46.4 Å². The molecule has 3 aromatic rings. The Morgan fingerprint density at radius 1 is 0.792 bits per heavy atom. The molecule has 0 aliphatic heterocycles. The van der Waals surface area contributed by atoms with E-state index in [0.717, 1.165) is 11.1 Å². The zero-order valence-electron chi connectivity index (χ0n) is 12.5. The van der Waals surface area contributed by atoms with E-state index < -0.39 is 0 Å². The van der Waals surface area contributed by atoms with Crippen molar-refractivity contribution in [2.75, 3.05) is 0 Å². The van der Waals surface area contributed by atoms with Gasteiger partial charge in [0.05, 0.1) is 5.02 Å². The molecule has 2 aromatic carbocycles. The molecule has 6 heteroatoms. The number of halogens is 4. The lowest BCUT2D eigenvalue weighted by atomic mass is 9.98. The summed E-state index contributed by atoms with van der Waals surface area (Å²) in [6, 6.07) is 9.98. The summed E-state index contributed by atoms with van der Waals surface area (Å²) < 4.78 is 1.80. The number of aryl methyl sites for hydroxylation is 1. The number of carbonyl (C=O) groups is 1. The first-order valence-electron chi connectivity index (χ1n) is 6.98. The normalized spacial score (nSPS) is 10.9. The largest absolute Gasteiger partial charge is 0.356 e. The fourth-order valence-electron chi connectivity index (χ4n) is 2.51. The lowest BCUT2D eigenvalue weighted by molar-refractivity contribution is 0.103. The van der Waals surface area contributed by atoms with Crippen molar-refractivity contribution in [2.24, 2.45) is 7.05 Å². The van der Waals surface area contributed by atoms with Crippen LogP contribution in [-0.4, -0.2) is 10.4 Å². The lowest BCUT2D eigenvalue weighted by Crippen LogP contribution is -2.03. The molecular weight excluding hydrogens is 388 g/mol. The fourth-order valence-corrected chi connectivity index (χ4v) is 3.51. The fraction of sp³-hybridized carbons (Fsp3) is 0.0556. The number of aromatic nitrogens is 1. The summed E-state index contributed by atoms with van der Waals surface area (Å²) >= 11 is 24.3. The Morgan fingerprint density at radius 2 is 1.42 bits per heavy atom. The SMILES string of the molecule is Cn1cc(C(=O)c2ccc(Cl)cc2Cl)c(-c2ccc(Cl)cc2Cl)c1. The van der Waals surface area contributed by atoms with Crippen LogP contribution < -0.4 is 0 Å². The smallest absolute Gasteiger partial charge is 0.196 e. The van der Waals surface area contributed by atoms with Crippen molar-refractivity contribution < 1.29 is 4.79 Å². The van der Waals surface area contributed by atoms with E-state index in [2.05, 4.69) is 0 Å². The minimum atomic E-state index is -0.196. The molecule has 0 fully saturated rings. The van der Waals surface area contributed by atoms with Crippen LogP contribution in [0.5, 0.6) is 0 Å². The van der Waals surface area contributed by atoms with E-state index in [0.29, 0.717) is 31.2 Å². The second-order valence-corrected chi connectivity index (χ2v) is 7.02. The summed E-state index contributed by atoms with van der Waals surface area (Å²) in [5, 5.41) is 1.80. The summed E-state index contributed by atoms with van der Waals surface area (Å²) in [6.45, 7) is 0. The van der Waals surface area contributed by atoms with E-state index >= 15 is 0 Å². The Kier molecular flexibility index (Phi) is 4.93. The van der Waals surface area contributed by atoms with Crippen LogP contribution in [0.4, 0.5) is 0 Å². The highest BCUT2D eigenvalue weighted by molar-refractivity contribution is 6.38. The number of rotatable bonds is 3. The maximum Gasteiger partial charge on any atom is 0.196 e. The minimum absolute atomic E-state index is 0.196. The molecular formula is C18H11Cl4NO. The zero-order valence-corrected chi connectivity index (χ0v) is 15.5. The van der Waals surface area contributed by atoms with Gasteiger partial charge in [0.15, 0.2) is 5.78 Å². The first-order chi connectivity index (χ1) is 11.4. The van der Waals surface area contributed by atoms with Gasteiger partial charge in [-0.1, -0.05) is 52.5 Å². The molecule has 122 valence electrons. The van der Waals surface area contributed by atoms with Gasteiger partial charge in [-0.2, -0.15) is 0 Å². The molecule has 1 aromatic heterocycles. The third-order valence-electron chi connectivity index (χ3n) is 3.60. The standard InChI is InChI=1S/C18H11Cl4NO/c1-23-8-14(12-4-2-10(19)6-16(12)21)15(9-23)18(24)13-5-3-11(20)7-17(13)22/h2-9H,1H3. The molecule has 2 nitrogen and oxygen atoms in total. The number of benzene rings is 2. The monoisotopic (exact) mass is 397 g/mol. The molecule has 0 N–H and O–H groups in total. The molecule has 0 unspecified atom stereocenters. The first-order valence-corrected chi connectivity index (χ1v) is 8.49. The van der Waals surface area contributed by atoms with E-state index in [-0.39, 0.29) is 5.78 Å². The predicted molar refractivity (Wildman–Crippen MR) is 101 cm³/mol. The molecule has 24 heavy (non-hydrogen) atoms. The highest BCUT2D eigenvalue weighted by atomic mass is 35.5. The lowest BCUT2D eigenvalue weighted by Gasteiger charge is -2.08. The van der Waals surface area contributed by atoms with Gasteiger partial charge in [-0.15, -0.1) is 0 Å². The van der Waals surface area contributed by atoms with Gasteiger partial charge in [0.2, 0.25) is 0 Å². The number of ketones is 1. The second-order valence-electron chi connectivity index (χ2n) is 5.33. The Balaban J connectivity index is 2.14. The van der Waals surface area contributed by atoms with Gasteiger partial charge < -0.3 is 4.57 Å². The molecule has 0 aliphatic carbocycles. The maximum atomic E-state index is 13.0. The van der Waals surface area contributed by atoms with Gasteiger partial charge in [-0.05, 0) is 30.3 Å². The Bertz CT molecular complexity index is 946. The molecule has 0 amide bonds. The number of hydrogen-bond donors (Lipinski definition) is 0. The van der Waals surface area contributed by atoms with E-state index in [1.54, 1.807) is 47.2 Å². The summed E-state index contributed by atoms with van der Waals surface area (Å²) in [7, 11) is 1.84. The van der Waals surface area contributed by atoms with Crippen LogP contribution in [0, 0.1) is 0 Å². The Labute approximate surface area is 159 Å². The van der Waals surface area contributed by atoms with Gasteiger partial charge in [-0.25, -0.2) is 0 Å². The molecule has 0 saturated heterocycles. The highest BCUT2D eigenvalue weighted by Crippen LogP contribution is 2.35. The molecule has 3 rings (SSSR count). The van der Waals surface area contributed by atoms with Gasteiger partial charge in [0.1, 0.15) is 0 Å². The van der Waals surface area contributed by atoms with Crippen molar-refractivity contribution in [1.29, 1.82) is 0 Å². The van der Waals surface area contributed by atoms with Crippen LogP contribution in [0.15, 0.2) is 48.8 Å². The highest BCUT2D eigenvalue weighted by Gasteiger charge is 2.20. The van der Waals surface area contributed by atoms with Crippen LogP contribution in [-0.2, 0) is 7.05 Å². The molecule has 0 radical (unpaired) electrons. The van der Waals surface area contributed by atoms with E-state index in [1.165, 1.54) is 0 Å². The Morgan fingerprint density at radius 3 is 2.04 bits per heavy atom. The molecule has 1 heterocycles. The van der Waals surface area contributed by atoms with Crippen molar-refractivity contribution in [3.8, 4) is 11.1 Å². The van der Waals surface area contributed by atoms with E-state index in [1.807, 2.05) is 13.2 Å². The van der Waals surface area contributed by atoms with E-state index in [9.17, 15) is 4.79 Å². The molecule has 0 atom stereocenters. The van der Waals surface area contributed by atoms with Crippen molar-refractivity contribution in [2.45, 2.75) is 0 Å². The number of nitrogens with zero attached hydrogens (tertiary/aromatic N) is 1. The summed E-state index contributed by atoms with van der Waals surface area (Å²) in [5.74, 6) is -0.196. The number of hydrogen-bond acceptors (Lipinski definition) is 1. The van der Waals surface area contributed by atoms with E-state index in [4.69, 9.17) is 46.4 Å². The zero-order chi connectivity index (χ0) is 17.4. The van der Waals surface area contributed by atoms with Crippen molar-refractivity contribution in [3.63, 3.8) is 0 Å². The molecule has 0 saturated carbocycles. The molecule has 0 spiro atoms. The van der Waals surface area contributed by atoms with Gasteiger partial charge in [0.25, 0.3) is 0 Å². The quantitative estimate of drug-likeness (QED) is 0.459. The van der Waals surface area contributed by atoms with Crippen molar-refractivity contribution >= 4 is 52.2 Å². The summed E-state index contributed by atoms with van der Waals surface area (Å²) in [5.41, 5.74) is 2.34. The second kappa shape index (κ2) is 6.81. The van der Waals surface area contributed by atoms with Gasteiger partial charge in [-0.3, -0.25) is 4.79 Å². The third kappa shape index (κ3) is 3.33. The van der Waals surface area contributed by atoms with Gasteiger partial charge in [0, 0.05) is 56.8 Å². The Hall–Kier alpha value is -1.45. The minimum Gasteiger partial charge on any atom is -0.356 e. The van der Waals surface area contributed by atoms with Crippen LogP contribution in [0.1, 0.15) is 15.9 Å². The third-order valence-corrected chi connectivity index (χ3v) is 4.69. The molecule has 0 aliphatic rings. The maximum absolute atomic E-state index is 13.0. The average Bonchev–Trinajstić information content (AvgIpc) is 2.88. The molecule has 0 bridgehead atoms. The predicted octanol–water partition coefficient (Wildman–Crippen LogP) is 6.54. The van der Waals surface area contributed by atoms with Crippen LogP contribution in [0.3, 0.4) is 0 Å². The van der Waals surface area contributed by atoms with Crippen molar-refractivity contribution in [3.05, 3.63) is 80.0 Å². The van der Waals surface area contributed by atoms with Crippen LogP contribution in [0.25, 0.3) is 11.1 Å². The summed E-state index contributed by atoms with van der Waals surface area (Å²) in [6.07, 6.45) is 3.58. The van der Waals surface area contributed by atoms with Crippen LogP contribution in [0.2, 0.25) is 20.1 Å². The van der Waals surface area contributed by atoms with Gasteiger partial charge >= 0.3 is 0 Å². The summed E-state index contributed by atoms with van der Waals surface area (Å²) in [4.78, 5) is 13.0. The first kappa shape index (κ1) is 17.4. The van der Waals surface area contributed by atoms with Crippen molar-refractivity contribution in [1.82, 2.24) is 4.57 Å². The average molecular weight is 399 g/mol. The number of carbonyl (C=O) groups excluding carboxylic acids is 1.